The van der Waals surface area contributed by atoms with Crippen molar-refractivity contribution in [2.24, 2.45) is 0 Å². The molecule has 2 aromatic rings. The van der Waals surface area contributed by atoms with Crippen LogP contribution in [0.2, 0.25) is 0 Å². The molecule has 0 atom stereocenters. The van der Waals surface area contributed by atoms with E-state index in [0.717, 1.165) is 5.56 Å². The quantitative estimate of drug-likeness (QED) is 0.560. The zero-order chi connectivity index (χ0) is 18.2. The molecule has 0 unspecified atom stereocenters. The first kappa shape index (κ1) is 19.0. The molecule has 1 aromatic heterocycles. The first-order valence-corrected chi connectivity index (χ1v) is 9.16. The van der Waals surface area contributed by atoms with Crippen molar-refractivity contribution in [3.63, 3.8) is 0 Å². The smallest absolute Gasteiger partial charge is 0.413 e. The molecule has 2 N–H and O–H groups in total. The Hall–Kier alpha value is -2.33. The summed E-state index contributed by atoms with van der Waals surface area (Å²) >= 11 is 2.40. The first-order chi connectivity index (χ1) is 12.0. The Morgan fingerprint density at radius 1 is 1.28 bits per heavy atom. The zero-order valence-electron chi connectivity index (χ0n) is 14.0. The summed E-state index contributed by atoms with van der Waals surface area (Å²) in [4.78, 5) is 23.4. The number of anilines is 2. The van der Waals surface area contributed by atoms with E-state index in [4.69, 9.17) is 9.47 Å². The second-order valence-electron chi connectivity index (χ2n) is 4.76. The third kappa shape index (κ3) is 5.91. The Morgan fingerprint density at radius 3 is 2.80 bits per heavy atom. The summed E-state index contributed by atoms with van der Waals surface area (Å²) in [6, 6.07) is 5.55. The minimum absolute atomic E-state index is 0.158. The number of carbonyl (C=O) groups is 2. The van der Waals surface area contributed by atoms with Crippen LogP contribution in [0.25, 0.3) is 0 Å². The van der Waals surface area contributed by atoms with Gasteiger partial charge in [-0.05, 0) is 31.5 Å². The lowest BCUT2D eigenvalue weighted by Gasteiger charge is -2.10. The van der Waals surface area contributed by atoms with E-state index < -0.39 is 6.09 Å². The average Bonchev–Trinajstić information content (AvgIpc) is 3.01. The van der Waals surface area contributed by atoms with Crippen molar-refractivity contribution < 1.29 is 19.1 Å². The molecule has 8 nitrogen and oxygen atoms in total. The Kier molecular flexibility index (Phi) is 7.02. The van der Waals surface area contributed by atoms with E-state index in [0.29, 0.717) is 20.9 Å². The number of amides is 2. The fourth-order valence-corrected chi connectivity index (χ4v) is 3.34. The Balaban J connectivity index is 1.87. The summed E-state index contributed by atoms with van der Waals surface area (Å²) in [6.07, 6.45) is -0.584. The third-order valence-electron chi connectivity index (χ3n) is 2.85. The third-order valence-corrected chi connectivity index (χ3v) is 4.82. The van der Waals surface area contributed by atoms with Gasteiger partial charge in [0.25, 0.3) is 0 Å². The molecule has 2 amide bonds. The van der Waals surface area contributed by atoms with Gasteiger partial charge < -0.3 is 14.8 Å². The van der Waals surface area contributed by atoms with Crippen molar-refractivity contribution >= 4 is 45.9 Å². The number of carbonyl (C=O) groups excluding carboxylic acids is 2. The predicted molar refractivity (Wildman–Crippen MR) is 97.6 cm³/mol. The molecular formula is C15H18N4O4S2. The summed E-state index contributed by atoms with van der Waals surface area (Å²) in [5.41, 5.74) is 1.64. The molecule has 0 bridgehead atoms. The zero-order valence-corrected chi connectivity index (χ0v) is 15.6. The van der Waals surface area contributed by atoms with E-state index >= 15 is 0 Å². The molecule has 0 aliphatic rings. The molecule has 0 aliphatic carbocycles. The van der Waals surface area contributed by atoms with Crippen LogP contribution >= 0.6 is 23.1 Å². The van der Waals surface area contributed by atoms with E-state index in [1.165, 1.54) is 23.1 Å². The van der Waals surface area contributed by atoms with Crippen molar-refractivity contribution in [3.05, 3.63) is 23.8 Å². The number of nitrogens with zero attached hydrogens (tertiary/aromatic N) is 2. The summed E-state index contributed by atoms with van der Waals surface area (Å²) in [5.74, 6) is 0.565. The predicted octanol–water partition coefficient (Wildman–Crippen LogP) is 3.15. The molecule has 0 radical (unpaired) electrons. The van der Waals surface area contributed by atoms with Crippen molar-refractivity contribution in [3.8, 4) is 5.75 Å². The summed E-state index contributed by atoms with van der Waals surface area (Å²) < 4.78 is 10.6. The number of nitrogens with one attached hydrogen (secondary N) is 2. The summed E-state index contributed by atoms with van der Waals surface area (Å²) in [7, 11) is 1.55. The van der Waals surface area contributed by atoms with Crippen LogP contribution in [0.4, 0.5) is 15.6 Å². The molecule has 0 aliphatic heterocycles. The van der Waals surface area contributed by atoms with Crippen LogP contribution in [-0.4, -0.2) is 41.7 Å². The highest BCUT2D eigenvalue weighted by Gasteiger charge is 2.12. The standard InChI is InChI=1S/C15H18N4O4S2/c1-4-23-14(21)17-13-18-19-15(25-13)24-8-12(20)16-10-7-9(2)5-6-11(10)22-3/h5-7H,4,8H2,1-3H3,(H,16,20)(H,17,18,21). The Morgan fingerprint density at radius 2 is 2.08 bits per heavy atom. The van der Waals surface area contributed by atoms with Gasteiger partial charge in [0.2, 0.25) is 11.0 Å². The van der Waals surface area contributed by atoms with Crippen molar-refractivity contribution in [1.82, 2.24) is 10.2 Å². The highest BCUT2D eigenvalue weighted by Crippen LogP contribution is 2.27. The number of methoxy groups -OCH3 is 1. The molecule has 134 valence electrons. The lowest BCUT2D eigenvalue weighted by molar-refractivity contribution is -0.113. The van der Waals surface area contributed by atoms with E-state index in [1.54, 1.807) is 20.1 Å². The van der Waals surface area contributed by atoms with Gasteiger partial charge in [0, 0.05) is 0 Å². The van der Waals surface area contributed by atoms with E-state index in [2.05, 4.69) is 20.8 Å². The van der Waals surface area contributed by atoms with Gasteiger partial charge in [0.05, 0.1) is 25.2 Å². The van der Waals surface area contributed by atoms with Crippen LogP contribution in [-0.2, 0) is 9.53 Å². The number of thioether (sulfide) groups is 1. The molecule has 1 heterocycles. The number of aromatic nitrogens is 2. The number of ether oxygens (including phenoxy) is 2. The van der Waals surface area contributed by atoms with Gasteiger partial charge in [-0.1, -0.05) is 29.2 Å². The monoisotopic (exact) mass is 382 g/mol. The lowest BCUT2D eigenvalue weighted by atomic mass is 10.2. The first-order valence-electron chi connectivity index (χ1n) is 7.36. The highest BCUT2D eigenvalue weighted by atomic mass is 32.2. The number of benzene rings is 1. The molecule has 25 heavy (non-hydrogen) atoms. The molecule has 0 fully saturated rings. The van der Waals surface area contributed by atoms with Crippen LogP contribution in [0.15, 0.2) is 22.5 Å². The van der Waals surface area contributed by atoms with Crippen molar-refractivity contribution in [1.29, 1.82) is 0 Å². The van der Waals surface area contributed by atoms with Gasteiger partial charge in [-0.3, -0.25) is 10.1 Å². The normalized spacial score (nSPS) is 10.2. The van der Waals surface area contributed by atoms with Gasteiger partial charge >= 0.3 is 6.09 Å². The van der Waals surface area contributed by atoms with Crippen LogP contribution in [0, 0.1) is 6.92 Å². The van der Waals surface area contributed by atoms with Gasteiger partial charge in [-0.15, -0.1) is 10.2 Å². The Labute approximate surface area is 153 Å². The number of rotatable bonds is 7. The van der Waals surface area contributed by atoms with Crippen LogP contribution in [0.3, 0.4) is 0 Å². The van der Waals surface area contributed by atoms with Gasteiger partial charge in [-0.25, -0.2) is 4.79 Å². The second kappa shape index (κ2) is 9.23. The molecule has 0 saturated carbocycles. The van der Waals surface area contributed by atoms with Gasteiger partial charge in [-0.2, -0.15) is 0 Å². The largest absolute Gasteiger partial charge is 0.495 e. The highest BCUT2D eigenvalue weighted by molar-refractivity contribution is 8.01. The molecule has 0 saturated heterocycles. The summed E-state index contributed by atoms with van der Waals surface area (Å²) in [6.45, 7) is 3.92. The molecule has 1 aromatic carbocycles. The number of hydrogen-bond acceptors (Lipinski definition) is 8. The molecule has 2 rings (SSSR count). The van der Waals surface area contributed by atoms with Crippen molar-refractivity contribution in [2.45, 2.75) is 18.2 Å². The number of aryl methyl sites for hydroxylation is 1. The maximum absolute atomic E-state index is 12.1. The van der Waals surface area contributed by atoms with Crippen molar-refractivity contribution in [2.75, 3.05) is 30.1 Å². The van der Waals surface area contributed by atoms with Crippen LogP contribution < -0.4 is 15.4 Å². The van der Waals surface area contributed by atoms with E-state index in [9.17, 15) is 9.59 Å². The second-order valence-corrected chi connectivity index (χ2v) is 6.96. The average molecular weight is 382 g/mol. The SMILES string of the molecule is CCOC(=O)Nc1nnc(SCC(=O)Nc2cc(C)ccc2OC)s1. The van der Waals surface area contributed by atoms with Crippen LogP contribution in [0.5, 0.6) is 5.75 Å². The van der Waals surface area contributed by atoms with E-state index in [-0.39, 0.29) is 18.3 Å². The van der Waals surface area contributed by atoms with E-state index in [1.807, 2.05) is 19.1 Å². The fourth-order valence-electron chi connectivity index (χ4n) is 1.81. The van der Waals surface area contributed by atoms with Gasteiger partial charge in [0.1, 0.15) is 5.75 Å². The lowest BCUT2D eigenvalue weighted by Crippen LogP contribution is -2.14. The maximum Gasteiger partial charge on any atom is 0.413 e. The molecule has 0 spiro atoms. The van der Waals surface area contributed by atoms with Crippen LogP contribution in [0.1, 0.15) is 12.5 Å². The molecule has 10 heteroatoms. The Bertz CT molecular complexity index is 751. The van der Waals surface area contributed by atoms with Gasteiger partial charge in [0.15, 0.2) is 4.34 Å². The topological polar surface area (TPSA) is 102 Å². The minimum atomic E-state index is -0.584. The maximum atomic E-state index is 12.1. The fraction of sp³-hybridized carbons (Fsp3) is 0.333. The minimum Gasteiger partial charge on any atom is -0.495 e. The molecular weight excluding hydrogens is 364 g/mol. The number of hydrogen-bond donors (Lipinski definition) is 2. The summed E-state index contributed by atoms with van der Waals surface area (Å²) in [5, 5.41) is 13.3.